The van der Waals surface area contributed by atoms with Gasteiger partial charge in [-0.1, -0.05) is 24.4 Å². The molecule has 3 nitrogen and oxygen atoms in total. The van der Waals surface area contributed by atoms with Crippen molar-refractivity contribution < 1.29 is 4.79 Å². The first-order chi connectivity index (χ1) is 8.16. The van der Waals surface area contributed by atoms with Crippen LogP contribution in [0.1, 0.15) is 36.0 Å². The summed E-state index contributed by atoms with van der Waals surface area (Å²) >= 11 is 5.86. The van der Waals surface area contributed by atoms with Crippen LogP contribution in [0.25, 0.3) is 0 Å². The molecule has 17 heavy (non-hydrogen) atoms. The van der Waals surface area contributed by atoms with Gasteiger partial charge in [0.05, 0.1) is 10.7 Å². The molecule has 0 saturated heterocycles. The summed E-state index contributed by atoms with van der Waals surface area (Å²) in [5.41, 5.74) is 6.65. The van der Waals surface area contributed by atoms with Crippen LogP contribution in [0.4, 0.5) is 5.69 Å². The number of amides is 1. The van der Waals surface area contributed by atoms with Crippen molar-refractivity contribution in [3.8, 4) is 0 Å². The van der Waals surface area contributed by atoms with E-state index in [-0.39, 0.29) is 5.91 Å². The Morgan fingerprint density at radius 3 is 2.88 bits per heavy atom. The molecule has 0 aliphatic heterocycles. The Bertz CT molecular complexity index is 416. The maximum absolute atomic E-state index is 11.8. The normalized spacial score (nSPS) is 14.6. The highest BCUT2D eigenvalue weighted by Gasteiger charge is 2.20. The van der Waals surface area contributed by atoms with Gasteiger partial charge < -0.3 is 11.1 Å². The molecule has 3 N–H and O–H groups in total. The first-order valence-corrected chi connectivity index (χ1v) is 6.38. The number of rotatable bonds is 5. The predicted octanol–water partition coefficient (Wildman–Crippen LogP) is 2.84. The minimum atomic E-state index is -0.0808. The lowest BCUT2D eigenvalue weighted by molar-refractivity contribution is 0.0953. The molecule has 1 aliphatic carbocycles. The zero-order valence-electron chi connectivity index (χ0n) is 9.71. The zero-order valence-corrected chi connectivity index (χ0v) is 10.5. The Kier molecular flexibility index (Phi) is 3.89. The topological polar surface area (TPSA) is 55.1 Å². The Morgan fingerprint density at radius 2 is 2.24 bits per heavy atom. The summed E-state index contributed by atoms with van der Waals surface area (Å²) < 4.78 is 0. The summed E-state index contributed by atoms with van der Waals surface area (Å²) in [5.74, 6) is 0.834. The van der Waals surface area contributed by atoms with Crippen molar-refractivity contribution in [2.24, 2.45) is 5.92 Å². The second-order valence-corrected chi connectivity index (χ2v) is 4.98. The molecule has 0 heterocycles. The second kappa shape index (κ2) is 5.41. The van der Waals surface area contributed by atoms with Crippen molar-refractivity contribution in [2.75, 3.05) is 12.3 Å². The van der Waals surface area contributed by atoms with E-state index in [4.69, 9.17) is 17.3 Å². The molecule has 0 atom stereocenters. The van der Waals surface area contributed by atoms with Crippen LogP contribution in [0.2, 0.25) is 5.02 Å². The van der Waals surface area contributed by atoms with Crippen molar-refractivity contribution in [2.45, 2.75) is 25.7 Å². The lowest BCUT2D eigenvalue weighted by Gasteiger charge is -2.06. The van der Waals surface area contributed by atoms with E-state index in [2.05, 4.69) is 5.32 Å². The summed E-state index contributed by atoms with van der Waals surface area (Å²) in [4.78, 5) is 11.8. The third-order valence-corrected chi connectivity index (χ3v) is 3.36. The van der Waals surface area contributed by atoms with Gasteiger partial charge in [-0.15, -0.1) is 0 Å². The molecular weight excluding hydrogens is 236 g/mol. The molecule has 0 aromatic heterocycles. The smallest absolute Gasteiger partial charge is 0.251 e. The molecule has 0 unspecified atom stereocenters. The van der Waals surface area contributed by atoms with E-state index in [1.165, 1.54) is 19.3 Å². The number of carbonyl (C=O) groups excluding carboxylic acids is 1. The summed E-state index contributed by atoms with van der Waals surface area (Å²) in [6, 6.07) is 4.95. The number of benzene rings is 1. The highest BCUT2D eigenvalue weighted by Crippen LogP contribution is 2.33. The summed E-state index contributed by atoms with van der Waals surface area (Å²) in [7, 11) is 0. The highest BCUT2D eigenvalue weighted by molar-refractivity contribution is 6.33. The fourth-order valence-electron chi connectivity index (χ4n) is 1.77. The van der Waals surface area contributed by atoms with Crippen LogP contribution in [0.5, 0.6) is 0 Å². The van der Waals surface area contributed by atoms with Crippen LogP contribution in [-0.4, -0.2) is 12.5 Å². The maximum Gasteiger partial charge on any atom is 0.251 e. The number of anilines is 1. The van der Waals surface area contributed by atoms with E-state index < -0.39 is 0 Å². The van der Waals surface area contributed by atoms with Gasteiger partial charge in [0.15, 0.2) is 0 Å². The lowest BCUT2D eigenvalue weighted by atomic mass is 10.2. The zero-order chi connectivity index (χ0) is 12.3. The molecule has 1 aromatic carbocycles. The Hall–Kier alpha value is -1.22. The number of carbonyl (C=O) groups is 1. The molecule has 2 rings (SSSR count). The number of nitrogens with two attached hydrogens (primary N) is 1. The number of nitrogens with one attached hydrogen (secondary N) is 1. The van der Waals surface area contributed by atoms with E-state index >= 15 is 0 Å². The standard InChI is InChI=1S/C13H17ClN2O/c14-11-8-10(5-6-12(11)15)13(17)16-7-1-2-9-3-4-9/h5-6,8-9H,1-4,7,15H2,(H,16,17). The molecule has 0 spiro atoms. The minimum absolute atomic E-state index is 0.0808. The second-order valence-electron chi connectivity index (χ2n) is 4.58. The lowest BCUT2D eigenvalue weighted by Crippen LogP contribution is -2.24. The molecule has 1 saturated carbocycles. The van der Waals surface area contributed by atoms with Gasteiger partial charge in [0.25, 0.3) is 5.91 Å². The average Bonchev–Trinajstić information content (AvgIpc) is 3.12. The largest absolute Gasteiger partial charge is 0.398 e. The van der Waals surface area contributed by atoms with Crippen molar-refractivity contribution in [1.82, 2.24) is 5.32 Å². The average molecular weight is 253 g/mol. The van der Waals surface area contributed by atoms with Crippen LogP contribution < -0.4 is 11.1 Å². The molecule has 1 amide bonds. The highest BCUT2D eigenvalue weighted by atomic mass is 35.5. The first-order valence-electron chi connectivity index (χ1n) is 6.00. The van der Waals surface area contributed by atoms with E-state index in [0.717, 1.165) is 18.9 Å². The molecule has 92 valence electrons. The van der Waals surface area contributed by atoms with E-state index in [9.17, 15) is 4.79 Å². The van der Waals surface area contributed by atoms with Gasteiger partial charge in [0, 0.05) is 12.1 Å². The van der Waals surface area contributed by atoms with Gasteiger partial charge in [-0.05, 0) is 37.0 Å². The van der Waals surface area contributed by atoms with Gasteiger partial charge in [0.1, 0.15) is 0 Å². The maximum atomic E-state index is 11.8. The van der Waals surface area contributed by atoms with Crippen LogP contribution >= 0.6 is 11.6 Å². The van der Waals surface area contributed by atoms with Crippen molar-refractivity contribution >= 4 is 23.2 Å². The third kappa shape index (κ3) is 3.63. The van der Waals surface area contributed by atoms with Gasteiger partial charge in [-0.25, -0.2) is 0 Å². The van der Waals surface area contributed by atoms with Crippen LogP contribution in [0.15, 0.2) is 18.2 Å². The van der Waals surface area contributed by atoms with Crippen molar-refractivity contribution in [3.63, 3.8) is 0 Å². The first kappa shape index (κ1) is 12.2. The van der Waals surface area contributed by atoms with E-state index in [1.807, 2.05) is 0 Å². The number of nitrogen functional groups attached to an aromatic ring is 1. The number of hydrogen-bond donors (Lipinski definition) is 2. The molecule has 1 fully saturated rings. The van der Waals surface area contributed by atoms with Crippen molar-refractivity contribution in [1.29, 1.82) is 0 Å². The summed E-state index contributed by atoms with van der Waals surface area (Å²) in [5, 5.41) is 3.32. The molecule has 1 aromatic rings. The number of halogens is 1. The molecular formula is C13H17ClN2O. The number of hydrogen-bond acceptors (Lipinski definition) is 2. The van der Waals surface area contributed by atoms with Gasteiger partial charge >= 0.3 is 0 Å². The quantitative estimate of drug-likeness (QED) is 0.625. The molecule has 4 heteroatoms. The fourth-order valence-corrected chi connectivity index (χ4v) is 1.95. The predicted molar refractivity (Wildman–Crippen MR) is 70.2 cm³/mol. The van der Waals surface area contributed by atoms with E-state index in [0.29, 0.717) is 16.3 Å². The Balaban J connectivity index is 1.79. The van der Waals surface area contributed by atoms with Crippen LogP contribution in [0.3, 0.4) is 0 Å². The summed E-state index contributed by atoms with van der Waals surface area (Å²) in [6.45, 7) is 0.733. The van der Waals surface area contributed by atoms with Crippen LogP contribution in [0, 0.1) is 5.92 Å². The summed E-state index contributed by atoms with van der Waals surface area (Å²) in [6.07, 6.45) is 5.00. The van der Waals surface area contributed by atoms with Gasteiger partial charge in [-0.2, -0.15) is 0 Å². The Morgan fingerprint density at radius 1 is 1.47 bits per heavy atom. The van der Waals surface area contributed by atoms with Crippen molar-refractivity contribution in [3.05, 3.63) is 28.8 Å². The van der Waals surface area contributed by atoms with Gasteiger partial charge in [0.2, 0.25) is 0 Å². The molecule has 0 bridgehead atoms. The third-order valence-electron chi connectivity index (χ3n) is 3.03. The monoisotopic (exact) mass is 252 g/mol. The molecule has 0 radical (unpaired) electrons. The Labute approximate surface area is 106 Å². The fraction of sp³-hybridized carbons (Fsp3) is 0.462. The SMILES string of the molecule is Nc1ccc(C(=O)NCCCC2CC2)cc1Cl. The molecule has 1 aliphatic rings. The minimum Gasteiger partial charge on any atom is -0.398 e. The van der Waals surface area contributed by atoms with E-state index in [1.54, 1.807) is 18.2 Å². The van der Waals surface area contributed by atoms with Crippen LogP contribution in [-0.2, 0) is 0 Å². The van der Waals surface area contributed by atoms with Gasteiger partial charge in [-0.3, -0.25) is 4.79 Å².